The minimum absolute atomic E-state index is 0.0533. The molecular formula is C11H11N5O. The molecule has 0 unspecified atom stereocenters. The number of aromatic amines is 1. The highest BCUT2D eigenvalue weighted by atomic mass is 16.2. The fourth-order valence-electron chi connectivity index (χ4n) is 1.84. The van der Waals surface area contributed by atoms with Crippen molar-refractivity contribution in [3.05, 3.63) is 30.2 Å². The van der Waals surface area contributed by atoms with E-state index in [0.29, 0.717) is 5.69 Å². The lowest BCUT2D eigenvalue weighted by Crippen LogP contribution is -2.21. The lowest BCUT2D eigenvalue weighted by Gasteiger charge is -2.07. The van der Waals surface area contributed by atoms with E-state index in [4.69, 9.17) is 0 Å². The van der Waals surface area contributed by atoms with E-state index >= 15 is 0 Å². The SMILES string of the molecule is CN(C)C(=O)c1cc2c(ccc3nncn32)[nH]1. The molecule has 0 saturated heterocycles. The number of pyridine rings is 1. The number of amides is 1. The van der Waals surface area contributed by atoms with Gasteiger partial charge in [-0.25, -0.2) is 0 Å². The lowest BCUT2D eigenvalue weighted by molar-refractivity contribution is 0.0823. The summed E-state index contributed by atoms with van der Waals surface area (Å²) < 4.78 is 1.85. The molecule has 3 rings (SSSR count). The molecule has 6 nitrogen and oxygen atoms in total. The molecule has 0 radical (unpaired) electrons. The van der Waals surface area contributed by atoms with E-state index < -0.39 is 0 Å². The Morgan fingerprint density at radius 3 is 3.00 bits per heavy atom. The zero-order chi connectivity index (χ0) is 12.0. The maximum absolute atomic E-state index is 11.8. The Morgan fingerprint density at radius 1 is 1.41 bits per heavy atom. The summed E-state index contributed by atoms with van der Waals surface area (Å²) in [5, 5.41) is 7.81. The van der Waals surface area contributed by atoms with E-state index in [9.17, 15) is 4.79 Å². The van der Waals surface area contributed by atoms with Gasteiger partial charge in [-0.3, -0.25) is 9.20 Å². The van der Waals surface area contributed by atoms with Crippen LogP contribution in [0.5, 0.6) is 0 Å². The van der Waals surface area contributed by atoms with Crippen LogP contribution in [0.1, 0.15) is 10.5 Å². The van der Waals surface area contributed by atoms with Crippen LogP contribution in [-0.2, 0) is 0 Å². The predicted octanol–water partition coefficient (Wildman–Crippen LogP) is 0.912. The number of aromatic nitrogens is 4. The smallest absolute Gasteiger partial charge is 0.269 e. The summed E-state index contributed by atoms with van der Waals surface area (Å²) in [4.78, 5) is 16.5. The zero-order valence-corrected chi connectivity index (χ0v) is 9.51. The van der Waals surface area contributed by atoms with Gasteiger partial charge < -0.3 is 9.88 Å². The molecule has 1 N–H and O–H groups in total. The van der Waals surface area contributed by atoms with Gasteiger partial charge in [0.05, 0.1) is 11.0 Å². The standard InChI is InChI=1S/C11H11N5O/c1-15(2)11(17)8-5-9-7(13-8)3-4-10-14-12-6-16(9)10/h3-6,13H,1-2H3. The van der Waals surface area contributed by atoms with E-state index in [2.05, 4.69) is 15.2 Å². The Balaban J connectivity index is 2.28. The van der Waals surface area contributed by atoms with Gasteiger partial charge in [0, 0.05) is 14.1 Å². The molecule has 1 amide bonds. The summed E-state index contributed by atoms with van der Waals surface area (Å²) in [6.07, 6.45) is 1.63. The highest BCUT2D eigenvalue weighted by molar-refractivity contribution is 5.97. The molecule has 0 fully saturated rings. The largest absolute Gasteiger partial charge is 0.349 e. The Morgan fingerprint density at radius 2 is 2.24 bits per heavy atom. The van der Waals surface area contributed by atoms with Gasteiger partial charge in [0.1, 0.15) is 12.0 Å². The third kappa shape index (κ3) is 1.37. The molecule has 0 aromatic carbocycles. The van der Waals surface area contributed by atoms with Crippen molar-refractivity contribution in [2.75, 3.05) is 14.1 Å². The van der Waals surface area contributed by atoms with Gasteiger partial charge in [-0.2, -0.15) is 0 Å². The second kappa shape index (κ2) is 3.31. The third-order valence-electron chi connectivity index (χ3n) is 2.70. The number of fused-ring (bicyclic) bond motifs is 3. The summed E-state index contributed by atoms with van der Waals surface area (Å²) in [5.41, 5.74) is 3.12. The highest BCUT2D eigenvalue weighted by Crippen LogP contribution is 2.17. The summed E-state index contributed by atoms with van der Waals surface area (Å²) in [5.74, 6) is -0.0533. The number of nitrogens with zero attached hydrogens (tertiary/aromatic N) is 4. The average Bonchev–Trinajstić information content (AvgIpc) is 2.92. The van der Waals surface area contributed by atoms with E-state index in [1.807, 2.05) is 22.6 Å². The molecule has 86 valence electrons. The van der Waals surface area contributed by atoms with Crippen molar-refractivity contribution in [2.24, 2.45) is 0 Å². The van der Waals surface area contributed by atoms with Crippen LogP contribution < -0.4 is 0 Å². The van der Waals surface area contributed by atoms with E-state index in [1.54, 1.807) is 20.4 Å². The molecule has 3 aromatic rings. The average molecular weight is 229 g/mol. The van der Waals surface area contributed by atoms with Crippen molar-refractivity contribution >= 4 is 22.6 Å². The number of carbonyl (C=O) groups is 1. The lowest BCUT2D eigenvalue weighted by atomic mass is 10.3. The molecule has 0 aliphatic rings. The summed E-state index contributed by atoms with van der Waals surface area (Å²) in [7, 11) is 3.45. The van der Waals surface area contributed by atoms with Gasteiger partial charge in [-0.15, -0.1) is 10.2 Å². The molecule has 0 saturated carbocycles. The van der Waals surface area contributed by atoms with E-state index in [0.717, 1.165) is 16.7 Å². The minimum atomic E-state index is -0.0533. The number of hydrogen-bond acceptors (Lipinski definition) is 3. The summed E-state index contributed by atoms with van der Waals surface area (Å²) in [6.45, 7) is 0. The third-order valence-corrected chi connectivity index (χ3v) is 2.70. The van der Waals surface area contributed by atoms with Gasteiger partial charge >= 0.3 is 0 Å². The van der Waals surface area contributed by atoms with Crippen LogP contribution >= 0.6 is 0 Å². The van der Waals surface area contributed by atoms with Gasteiger partial charge in [0.25, 0.3) is 5.91 Å². The minimum Gasteiger partial charge on any atom is -0.349 e. The molecule has 0 aliphatic heterocycles. The Hall–Kier alpha value is -2.37. The first kappa shape index (κ1) is 9.83. The van der Waals surface area contributed by atoms with Crippen molar-refractivity contribution in [3.63, 3.8) is 0 Å². The van der Waals surface area contributed by atoms with Gasteiger partial charge in [0.15, 0.2) is 5.65 Å². The summed E-state index contributed by atoms with van der Waals surface area (Å²) >= 11 is 0. The maximum atomic E-state index is 11.8. The first-order valence-electron chi connectivity index (χ1n) is 5.20. The maximum Gasteiger partial charge on any atom is 0.269 e. The van der Waals surface area contributed by atoms with Crippen LogP contribution in [0.3, 0.4) is 0 Å². The van der Waals surface area contributed by atoms with Crippen molar-refractivity contribution in [2.45, 2.75) is 0 Å². The van der Waals surface area contributed by atoms with Crippen LogP contribution in [0.4, 0.5) is 0 Å². The van der Waals surface area contributed by atoms with E-state index in [-0.39, 0.29) is 5.91 Å². The predicted molar refractivity (Wildman–Crippen MR) is 62.9 cm³/mol. The number of nitrogens with one attached hydrogen (secondary N) is 1. The van der Waals surface area contributed by atoms with Crippen molar-refractivity contribution in [1.29, 1.82) is 0 Å². The summed E-state index contributed by atoms with van der Waals surface area (Å²) in [6, 6.07) is 5.57. The molecule has 0 aliphatic carbocycles. The Bertz CT molecular complexity index is 709. The molecular weight excluding hydrogens is 218 g/mol. The molecule has 17 heavy (non-hydrogen) atoms. The fraction of sp³-hybridized carbons (Fsp3) is 0.182. The van der Waals surface area contributed by atoms with E-state index in [1.165, 1.54) is 4.90 Å². The quantitative estimate of drug-likeness (QED) is 0.674. The second-order valence-corrected chi connectivity index (χ2v) is 4.07. The van der Waals surface area contributed by atoms with Crippen molar-refractivity contribution in [1.82, 2.24) is 24.5 Å². The van der Waals surface area contributed by atoms with Crippen LogP contribution in [-0.4, -0.2) is 44.5 Å². The molecule has 0 spiro atoms. The van der Waals surface area contributed by atoms with Gasteiger partial charge in [-0.1, -0.05) is 0 Å². The number of hydrogen-bond donors (Lipinski definition) is 1. The van der Waals surface area contributed by atoms with Crippen LogP contribution in [0.25, 0.3) is 16.7 Å². The van der Waals surface area contributed by atoms with Crippen LogP contribution in [0, 0.1) is 0 Å². The molecule has 0 bridgehead atoms. The number of H-pyrrole nitrogens is 1. The highest BCUT2D eigenvalue weighted by Gasteiger charge is 2.12. The van der Waals surface area contributed by atoms with Crippen molar-refractivity contribution in [3.8, 4) is 0 Å². The molecule has 3 aromatic heterocycles. The second-order valence-electron chi connectivity index (χ2n) is 4.07. The normalized spacial score (nSPS) is 11.2. The Labute approximate surface area is 96.9 Å². The van der Waals surface area contributed by atoms with Crippen LogP contribution in [0.2, 0.25) is 0 Å². The molecule has 6 heteroatoms. The van der Waals surface area contributed by atoms with Crippen LogP contribution in [0.15, 0.2) is 24.5 Å². The Kier molecular flexibility index (Phi) is 1.91. The monoisotopic (exact) mass is 229 g/mol. The first-order chi connectivity index (χ1) is 8.16. The topological polar surface area (TPSA) is 66.3 Å². The number of rotatable bonds is 1. The van der Waals surface area contributed by atoms with Crippen molar-refractivity contribution < 1.29 is 4.79 Å². The molecule has 3 heterocycles. The zero-order valence-electron chi connectivity index (χ0n) is 9.51. The molecule has 0 atom stereocenters. The van der Waals surface area contributed by atoms with Gasteiger partial charge in [0.2, 0.25) is 0 Å². The fourth-order valence-corrected chi connectivity index (χ4v) is 1.84. The first-order valence-corrected chi connectivity index (χ1v) is 5.20. The number of carbonyl (C=O) groups excluding carboxylic acids is 1. The van der Waals surface area contributed by atoms with Gasteiger partial charge in [-0.05, 0) is 18.2 Å².